The first kappa shape index (κ1) is 27.0. The van der Waals surface area contributed by atoms with Crippen LogP contribution < -0.4 is 15.4 Å². The summed E-state index contributed by atoms with van der Waals surface area (Å²) >= 11 is 0. The number of nitrogens with zero attached hydrogens (tertiary/aromatic N) is 4. The van der Waals surface area contributed by atoms with E-state index in [-0.39, 0.29) is 23.8 Å². The number of halogens is 1. The molecule has 5 rings (SSSR count). The van der Waals surface area contributed by atoms with Crippen molar-refractivity contribution in [1.29, 1.82) is 0 Å². The van der Waals surface area contributed by atoms with E-state index >= 15 is 0 Å². The van der Waals surface area contributed by atoms with E-state index in [1.807, 2.05) is 54.7 Å². The van der Waals surface area contributed by atoms with Gasteiger partial charge < -0.3 is 24.4 Å². The molecule has 0 radical (unpaired) electrons. The van der Waals surface area contributed by atoms with E-state index in [2.05, 4.69) is 31.2 Å². The van der Waals surface area contributed by atoms with E-state index in [0.717, 1.165) is 28.2 Å². The Bertz CT molecular complexity index is 1570. The van der Waals surface area contributed by atoms with Crippen LogP contribution in [0.4, 0.5) is 4.39 Å². The largest absolute Gasteiger partial charge is 0.497 e. The van der Waals surface area contributed by atoms with Crippen LogP contribution in [0.3, 0.4) is 0 Å². The van der Waals surface area contributed by atoms with Crippen molar-refractivity contribution in [2.45, 2.75) is 25.7 Å². The molecule has 10 heteroatoms. The van der Waals surface area contributed by atoms with Crippen molar-refractivity contribution >= 4 is 35.4 Å². The first-order valence-corrected chi connectivity index (χ1v) is 13.2. The van der Waals surface area contributed by atoms with Gasteiger partial charge in [-0.3, -0.25) is 9.79 Å². The summed E-state index contributed by atoms with van der Waals surface area (Å²) in [6.45, 7) is 1.34. The molecule has 1 aliphatic rings. The van der Waals surface area contributed by atoms with E-state index in [0.29, 0.717) is 44.7 Å². The number of amides is 1. The minimum Gasteiger partial charge on any atom is -0.497 e. The molecule has 0 spiro atoms. The third kappa shape index (κ3) is 6.70. The molecule has 3 heterocycles. The SMILES string of the molecule is COc1cccc(/C=C/n2c(CCNCCc3nc(C(=O)NCC4=C(F)CCC=N4)co3)nc3ccccc32)c1. The van der Waals surface area contributed by atoms with E-state index in [1.54, 1.807) is 13.3 Å². The average molecular weight is 543 g/mol. The number of hydrogen-bond donors (Lipinski definition) is 2. The molecule has 0 bridgehead atoms. The zero-order chi connectivity index (χ0) is 27.7. The zero-order valence-corrected chi connectivity index (χ0v) is 22.3. The number of hydrogen-bond acceptors (Lipinski definition) is 7. The third-order valence-electron chi connectivity index (χ3n) is 6.47. The normalized spacial score (nSPS) is 13.4. The van der Waals surface area contributed by atoms with Crippen LogP contribution in [0.15, 0.2) is 75.7 Å². The van der Waals surface area contributed by atoms with Gasteiger partial charge in [0, 0.05) is 44.8 Å². The first-order valence-electron chi connectivity index (χ1n) is 13.2. The number of ether oxygens (including phenoxy) is 1. The number of methoxy groups -OCH3 is 1. The fraction of sp³-hybridized carbons (Fsp3) is 0.267. The molecule has 2 N–H and O–H groups in total. The minimum absolute atomic E-state index is 0.0183. The highest BCUT2D eigenvalue weighted by molar-refractivity contribution is 5.92. The Hall–Kier alpha value is -4.57. The predicted molar refractivity (Wildman–Crippen MR) is 153 cm³/mol. The van der Waals surface area contributed by atoms with Crippen molar-refractivity contribution < 1.29 is 18.3 Å². The number of aromatic nitrogens is 3. The molecule has 0 fully saturated rings. The summed E-state index contributed by atoms with van der Waals surface area (Å²) < 4.78 is 26.7. The first-order chi connectivity index (χ1) is 19.6. The van der Waals surface area contributed by atoms with Gasteiger partial charge in [0.25, 0.3) is 5.91 Å². The van der Waals surface area contributed by atoms with Crippen LogP contribution >= 0.6 is 0 Å². The molecular formula is C30H31FN6O3. The van der Waals surface area contributed by atoms with E-state index < -0.39 is 5.91 Å². The summed E-state index contributed by atoms with van der Waals surface area (Å²) in [6, 6.07) is 15.9. The number of oxazole rings is 1. The van der Waals surface area contributed by atoms with Gasteiger partial charge in [-0.1, -0.05) is 24.3 Å². The fourth-order valence-electron chi connectivity index (χ4n) is 4.37. The van der Waals surface area contributed by atoms with Crippen molar-refractivity contribution in [3.63, 3.8) is 0 Å². The van der Waals surface area contributed by atoms with Gasteiger partial charge in [0.1, 0.15) is 23.7 Å². The second kappa shape index (κ2) is 13.0. The Morgan fingerprint density at radius 1 is 1.15 bits per heavy atom. The zero-order valence-electron chi connectivity index (χ0n) is 22.3. The molecule has 0 saturated heterocycles. The lowest BCUT2D eigenvalue weighted by Crippen LogP contribution is -2.26. The van der Waals surface area contributed by atoms with Gasteiger partial charge in [-0.2, -0.15) is 0 Å². The number of nitrogens with one attached hydrogen (secondary N) is 2. The van der Waals surface area contributed by atoms with Crippen LogP contribution in [0.1, 0.15) is 40.6 Å². The van der Waals surface area contributed by atoms with Gasteiger partial charge in [-0.05, 0) is 42.3 Å². The molecule has 0 unspecified atom stereocenters. The summed E-state index contributed by atoms with van der Waals surface area (Å²) in [6.07, 6.45) is 9.16. The Balaban J connectivity index is 1.13. The van der Waals surface area contributed by atoms with Gasteiger partial charge in [0.05, 0.1) is 30.4 Å². The van der Waals surface area contributed by atoms with Gasteiger partial charge in [0.15, 0.2) is 11.6 Å². The monoisotopic (exact) mass is 542 g/mol. The van der Waals surface area contributed by atoms with Crippen LogP contribution in [0.5, 0.6) is 5.75 Å². The summed E-state index contributed by atoms with van der Waals surface area (Å²) in [5.41, 5.74) is 3.42. The maximum Gasteiger partial charge on any atom is 0.273 e. The molecule has 1 aliphatic heterocycles. The third-order valence-corrected chi connectivity index (χ3v) is 6.47. The Labute approximate surface area is 231 Å². The molecule has 1 amide bonds. The van der Waals surface area contributed by atoms with Crippen molar-refractivity contribution in [2.75, 3.05) is 26.7 Å². The van der Waals surface area contributed by atoms with Crippen molar-refractivity contribution in [1.82, 2.24) is 25.2 Å². The minimum atomic E-state index is -0.426. The molecule has 40 heavy (non-hydrogen) atoms. The number of carbonyl (C=O) groups is 1. The van der Waals surface area contributed by atoms with Crippen LogP contribution in [0.25, 0.3) is 23.3 Å². The number of allylic oxidation sites excluding steroid dienone is 1. The number of fused-ring (bicyclic) bond motifs is 1. The van der Waals surface area contributed by atoms with Crippen molar-refractivity contribution in [3.8, 4) is 5.75 Å². The summed E-state index contributed by atoms with van der Waals surface area (Å²) in [5, 5.41) is 6.04. The quantitative estimate of drug-likeness (QED) is 0.249. The van der Waals surface area contributed by atoms with Crippen LogP contribution in [-0.2, 0) is 12.8 Å². The van der Waals surface area contributed by atoms with E-state index in [4.69, 9.17) is 14.1 Å². The average Bonchev–Trinajstić information content (AvgIpc) is 3.60. The van der Waals surface area contributed by atoms with Gasteiger partial charge >= 0.3 is 0 Å². The molecule has 9 nitrogen and oxygen atoms in total. The highest BCUT2D eigenvalue weighted by Crippen LogP contribution is 2.20. The second-order valence-electron chi connectivity index (χ2n) is 9.24. The molecule has 206 valence electrons. The van der Waals surface area contributed by atoms with Crippen LogP contribution in [0.2, 0.25) is 0 Å². The number of rotatable bonds is 12. The lowest BCUT2D eigenvalue weighted by molar-refractivity contribution is 0.0951. The molecule has 2 aromatic carbocycles. The van der Waals surface area contributed by atoms with Crippen molar-refractivity contribution in [3.05, 3.63) is 89.3 Å². The Morgan fingerprint density at radius 2 is 2.02 bits per heavy atom. The molecule has 0 atom stereocenters. The fourth-order valence-corrected chi connectivity index (χ4v) is 4.37. The molecule has 2 aromatic heterocycles. The van der Waals surface area contributed by atoms with Gasteiger partial charge in [0.2, 0.25) is 0 Å². The maximum atomic E-state index is 13.8. The Kier molecular flexibility index (Phi) is 8.77. The smallest absolute Gasteiger partial charge is 0.273 e. The van der Waals surface area contributed by atoms with E-state index in [1.165, 1.54) is 6.26 Å². The van der Waals surface area contributed by atoms with Crippen molar-refractivity contribution in [2.24, 2.45) is 4.99 Å². The molecule has 0 aliphatic carbocycles. The van der Waals surface area contributed by atoms with Gasteiger partial charge in [-0.15, -0.1) is 0 Å². The van der Waals surface area contributed by atoms with E-state index in [9.17, 15) is 9.18 Å². The molecule has 0 saturated carbocycles. The standard InChI is InChI=1S/C30H31FN6O3/c1-39-22-7-4-6-21(18-22)13-17-37-27-10-3-2-9-24(27)35-28(37)11-15-32-16-12-29-36-26(20-40-29)30(38)34-19-25-23(31)8-5-14-33-25/h2-4,6-7,9-10,13-14,17-18,20,32H,5,8,11-12,15-16,19H2,1H3,(H,34,38)/b17-13+. The summed E-state index contributed by atoms with van der Waals surface area (Å²) in [7, 11) is 1.66. The highest BCUT2D eigenvalue weighted by Gasteiger charge is 2.15. The maximum absolute atomic E-state index is 13.8. The number of para-hydroxylation sites is 2. The number of aliphatic imine (C=N–C) groups is 1. The lowest BCUT2D eigenvalue weighted by atomic mass is 10.2. The number of carbonyl (C=O) groups excluding carboxylic acids is 1. The topological polar surface area (TPSA) is 107 Å². The second-order valence-corrected chi connectivity index (χ2v) is 9.24. The Morgan fingerprint density at radius 3 is 2.90 bits per heavy atom. The number of imidazole rings is 1. The number of benzene rings is 2. The van der Waals surface area contributed by atoms with Crippen LogP contribution in [-0.4, -0.2) is 53.4 Å². The molecular weight excluding hydrogens is 511 g/mol. The molecule has 4 aromatic rings. The summed E-state index contributed by atoms with van der Waals surface area (Å²) in [5.74, 6) is 1.48. The predicted octanol–water partition coefficient (Wildman–Crippen LogP) is 4.81. The lowest BCUT2D eigenvalue weighted by Gasteiger charge is -2.09. The summed E-state index contributed by atoms with van der Waals surface area (Å²) in [4.78, 5) is 25.4. The van der Waals surface area contributed by atoms with Crippen LogP contribution in [0, 0.1) is 0 Å². The highest BCUT2D eigenvalue weighted by atomic mass is 19.1. The van der Waals surface area contributed by atoms with Gasteiger partial charge in [-0.25, -0.2) is 14.4 Å².